The number of rotatable bonds is 2. The molecule has 0 amide bonds. The van der Waals surface area contributed by atoms with Crippen molar-refractivity contribution in [1.82, 2.24) is 5.32 Å². The third-order valence-electron chi connectivity index (χ3n) is 4.21. The van der Waals surface area contributed by atoms with Crippen LogP contribution in [0.5, 0.6) is 0 Å². The van der Waals surface area contributed by atoms with Crippen molar-refractivity contribution in [3.8, 4) is 0 Å². The number of hydrogen-bond acceptors (Lipinski definition) is 1. The molecule has 0 saturated carbocycles. The van der Waals surface area contributed by atoms with Crippen LogP contribution in [0.1, 0.15) is 39.0 Å². The molecule has 1 heterocycles. The molecule has 1 saturated heterocycles. The van der Waals surface area contributed by atoms with Crippen molar-refractivity contribution in [2.45, 2.75) is 39.0 Å². The maximum absolute atomic E-state index is 3.74. The minimum atomic E-state index is 0.626. The van der Waals surface area contributed by atoms with Gasteiger partial charge in [0.15, 0.2) is 0 Å². The van der Waals surface area contributed by atoms with Gasteiger partial charge in [0.1, 0.15) is 0 Å². The lowest BCUT2D eigenvalue weighted by atomic mass is 9.67. The second-order valence-electron chi connectivity index (χ2n) is 5.33. The Kier molecular flexibility index (Phi) is 3.65. The van der Waals surface area contributed by atoms with Crippen molar-refractivity contribution in [3.05, 3.63) is 36.0 Å². The van der Waals surface area contributed by atoms with Gasteiger partial charge in [-0.05, 0) is 63.1 Å². The molecule has 16 heavy (non-hydrogen) atoms. The first-order valence-electron chi connectivity index (χ1n) is 6.44. The molecule has 1 aliphatic heterocycles. The summed E-state index contributed by atoms with van der Waals surface area (Å²) in [4.78, 5) is 0. The van der Waals surface area contributed by atoms with E-state index in [-0.39, 0.29) is 0 Å². The molecule has 0 radical (unpaired) electrons. The van der Waals surface area contributed by atoms with Crippen molar-refractivity contribution >= 4 is 0 Å². The van der Waals surface area contributed by atoms with E-state index >= 15 is 0 Å². The van der Waals surface area contributed by atoms with E-state index in [1.54, 1.807) is 11.1 Å². The van der Waals surface area contributed by atoms with E-state index in [0.717, 1.165) is 0 Å². The molecule has 0 atom stereocenters. The second-order valence-corrected chi connectivity index (χ2v) is 5.33. The van der Waals surface area contributed by atoms with Crippen LogP contribution in [-0.4, -0.2) is 13.1 Å². The van der Waals surface area contributed by atoms with E-state index in [1.165, 1.54) is 45.2 Å². The summed E-state index contributed by atoms with van der Waals surface area (Å²) >= 11 is 0. The Hall–Kier alpha value is -0.820. The predicted octanol–water partition coefficient (Wildman–Crippen LogP) is 3.60. The zero-order valence-electron chi connectivity index (χ0n) is 10.4. The maximum atomic E-state index is 3.74. The molecule has 1 aliphatic carbocycles. The van der Waals surface area contributed by atoms with Gasteiger partial charge in [-0.25, -0.2) is 0 Å². The zero-order chi connectivity index (χ0) is 11.4. The van der Waals surface area contributed by atoms with E-state index in [2.05, 4.69) is 31.0 Å². The van der Waals surface area contributed by atoms with Gasteiger partial charge in [0.05, 0.1) is 0 Å². The van der Waals surface area contributed by atoms with E-state index in [0.29, 0.717) is 5.41 Å². The van der Waals surface area contributed by atoms with Gasteiger partial charge in [-0.2, -0.15) is 0 Å². The highest BCUT2D eigenvalue weighted by atomic mass is 14.9. The first kappa shape index (κ1) is 11.7. The van der Waals surface area contributed by atoms with E-state index in [4.69, 9.17) is 0 Å². The van der Waals surface area contributed by atoms with Gasteiger partial charge in [0, 0.05) is 0 Å². The largest absolute Gasteiger partial charge is 0.317 e. The van der Waals surface area contributed by atoms with E-state index in [1.807, 2.05) is 6.08 Å². The van der Waals surface area contributed by atoms with Crippen LogP contribution in [0.25, 0.3) is 0 Å². The van der Waals surface area contributed by atoms with Crippen LogP contribution >= 0.6 is 0 Å². The van der Waals surface area contributed by atoms with Gasteiger partial charge in [-0.3, -0.25) is 0 Å². The van der Waals surface area contributed by atoms with Gasteiger partial charge in [-0.1, -0.05) is 30.4 Å². The van der Waals surface area contributed by atoms with Crippen LogP contribution in [0.2, 0.25) is 0 Å². The normalized spacial score (nSPS) is 25.3. The summed E-state index contributed by atoms with van der Waals surface area (Å²) in [6.07, 6.45) is 12.9. The standard InChI is InChI=1S/C15H23N/c1-3-4-5-14-6-7-15(12-13(14)2)8-10-16-11-9-15/h3-5,16H,1,6-12H2,2H3/b5-4-. The first-order chi connectivity index (χ1) is 7.76. The second kappa shape index (κ2) is 5.01. The van der Waals surface area contributed by atoms with Gasteiger partial charge in [0.2, 0.25) is 0 Å². The van der Waals surface area contributed by atoms with Crippen molar-refractivity contribution < 1.29 is 0 Å². The molecule has 0 unspecified atom stereocenters. The summed E-state index contributed by atoms with van der Waals surface area (Å²) in [6.45, 7) is 8.47. The Morgan fingerprint density at radius 2 is 2.00 bits per heavy atom. The van der Waals surface area contributed by atoms with E-state index in [9.17, 15) is 0 Å². The van der Waals surface area contributed by atoms with Gasteiger partial charge >= 0.3 is 0 Å². The Bertz CT molecular complexity index is 316. The minimum absolute atomic E-state index is 0.626. The van der Waals surface area contributed by atoms with Crippen molar-refractivity contribution in [3.63, 3.8) is 0 Å². The zero-order valence-corrected chi connectivity index (χ0v) is 10.4. The number of hydrogen-bond donors (Lipinski definition) is 1. The molecule has 1 spiro atoms. The van der Waals surface area contributed by atoms with Crippen molar-refractivity contribution in [1.29, 1.82) is 0 Å². The highest BCUT2D eigenvalue weighted by molar-refractivity contribution is 5.30. The van der Waals surface area contributed by atoms with Crippen LogP contribution in [0, 0.1) is 5.41 Å². The molecule has 2 rings (SSSR count). The molecule has 0 bridgehead atoms. The molecule has 0 aromatic heterocycles. The monoisotopic (exact) mass is 217 g/mol. The molecule has 1 fully saturated rings. The lowest BCUT2D eigenvalue weighted by molar-refractivity contribution is 0.174. The molecule has 0 aromatic rings. The van der Waals surface area contributed by atoms with Crippen molar-refractivity contribution in [2.24, 2.45) is 5.41 Å². The fraction of sp³-hybridized carbons (Fsp3) is 0.600. The van der Waals surface area contributed by atoms with Crippen LogP contribution in [0.3, 0.4) is 0 Å². The first-order valence-corrected chi connectivity index (χ1v) is 6.44. The fourth-order valence-corrected chi connectivity index (χ4v) is 3.17. The van der Waals surface area contributed by atoms with E-state index < -0.39 is 0 Å². The quantitative estimate of drug-likeness (QED) is 0.697. The average molecular weight is 217 g/mol. The third kappa shape index (κ3) is 2.46. The molecular weight excluding hydrogens is 194 g/mol. The number of allylic oxidation sites excluding steroid dienone is 5. The Labute approximate surface area is 99.3 Å². The topological polar surface area (TPSA) is 12.0 Å². The highest BCUT2D eigenvalue weighted by Gasteiger charge is 2.34. The Morgan fingerprint density at radius 1 is 1.25 bits per heavy atom. The highest BCUT2D eigenvalue weighted by Crippen LogP contribution is 2.45. The summed E-state index contributed by atoms with van der Waals surface area (Å²) < 4.78 is 0. The predicted molar refractivity (Wildman–Crippen MR) is 70.4 cm³/mol. The van der Waals surface area contributed by atoms with Gasteiger partial charge in [0.25, 0.3) is 0 Å². The van der Waals surface area contributed by atoms with Crippen LogP contribution in [0.15, 0.2) is 36.0 Å². The SMILES string of the molecule is C=C/C=C\C1=C(C)CC2(CCNCC2)CC1. The van der Waals surface area contributed by atoms with Crippen molar-refractivity contribution in [2.75, 3.05) is 13.1 Å². The molecule has 2 aliphatic rings. The molecular formula is C15H23N. The molecule has 1 heteroatoms. The molecule has 88 valence electrons. The minimum Gasteiger partial charge on any atom is -0.317 e. The summed E-state index contributed by atoms with van der Waals surface area (Å²) in [5.41, 5.74) is 3.77. The molecule has 1 nitrogen and oxygen atoms in total. The summed E-state index contributed by atoms with van der Waals surface area (Å²) in [6, 6.07) is 0. The number of piperidine rings is 1. The lowest BCUT2D eigenvalue weighted by Gasteiger charge is -2.41. The molecule has 1 N–H and O–H groups in total. The average Bonchev–Trinajstić information content (AvgIpc) is 2.29. The summed E-state index contributed by atoms with van der Waals surface area (Å²) in [7, 11) is 0. The Morgan fingerprint density at radius 3 is 2.62 bits per heavy atom. The maximum Gasteiger partial charge on any atom is -0.00435 e. The van der Waals surface area contributed by atoms with Crippen LogP contribution < -0.4 is 5.32 Å². The molecule has 0 aromatic carbocycles. The van der Waals surface area contributed by atoms with Crippen LogP contribution in [-0.2, 0) is 0 Å². The van der Waals surface area contributed by atoms with Crippen LogP contribution in [0.4, 0.5) is 0 Å². The summed E-state index contributed by atoms with van der Waals surface area (Å²) in [5, 5.41) is 3.47. The van der Waals surface area contributed by atoms with Gasteiger partial charge in [-0.15, -0.1) is 0 Å². The van der Waals surface area contributed by atoms with Gasteiger partial charge < -0.3 is 5.32 Å². The third-order valence-corrected chi connectivity index (χ3v) is 4.21. The number of nitrogens with one attached hydrogen (secondary N) is 1. The summed E-state index contributed by atoms with van der Waals surface area (Å²) in [5.74, 6) is 0. The Balaban J connectivity index is 2.08. The fourth-order valence-electron chi connectivity index (χ4n) is 3.17. The lowest BCUT2D eigenvalue weighted by Crippen LogP contribution is -2.38. The smallest absolute Gasteiger partial charge is 0.00435 e.